The smallest absolute Gasteiger partial charge is 0.251 e. The molecule has 0 radical (unpaired) electrons. The summed E-state index contributed by atoms with van der Waals surface area (Å²) in [5.74, 6) is -0.122. The second-order valence-corrected chi connectivity index (χ2v) is 5.40. The van der Waals surface area contributed by atoms with Crippen molar-refractivity contribution in [2.75, 3.05) is 17.7 Å². The van der Waals surface area contributed by atoms with E-state index in [0.29, 0.717) is 17.3 Å². The van der Waals surface area contributed by atoms with Crippen LogP contribution in [0.3, 0.4) is 0 Å². The molecule has 1 atom stereocenters. The predicted molar refractivity (Wildman–Crippen MR) is 86.0 cm³/mol. The third-order valence-electron chi connectivity index (χ3n) is 3.98. The molecule has 0 bridgehead atoms. The summed E-state index contributed by atoms with van der Waals surface area (Å²) in [4.78, 5) is 13.9. The van der Waals surface area contributed by atoms with Crippen LogP contribution in [0.15, 0.2) is 42.5 Å². The molecule has 0 aliphatic carbocycles. The highest BCUT2D eigenvalue weighted by molar-refractivity contribution is 5.96. The molecule has 1 aliphatic heterocycles. The Labute approximate surface area is 124 Å². The van der Waals surface area contributed by atoms with Crippen LogP contribution in [0.1, 0.15) is 22.8 Å². The van der Waals surface area contributed by atoms with Crippen LogP contribution in [0.5, 0.6) is 0 Å². The third-order valence-corrected chi connectivity index (χ3v) is 3.98. The lowest BCUT2D eigenvalue weighted by atomic mass is 10.1. The van der Waals surface area contributed by atoms with E-state index >= 15 is 0 Å². The molecule has 3 N–H and O–H groups in total. The Balaban J connectivity index is 2.03. The first-order valence-electron chi connectivity index (χ1n) is 7.10. The number of nitrogens with two attached hydrogens (primary N) is 1. The first-order valence-corrected chi connectivity index (χ1v) is 7.10. The second-order valence-electron chi connectivity index (χ2n) is 5.40. The molecular formula is C17H19N3O. The first-order chi connectivity index (χ1) is 10.1. The van der Waals surface area contributed by atoms with Crippen molar-refractivity contribution < 1.29 is 4.79 Å². The topological polar surface area (TPSA) is 58.4 Å². The van der Waals surface area contributed by atoms with Crippen LogP contribution in [-0.2, 0) is 6.42 Å². The van der Waals surface area contributed by atoms with Crippen molar-refractivity contribution >= 4 is 23.0 Å². The van der Waals surface area contributed by atoms with Crippen LogP contribution in [0, 0.1) is 0 Å². The lowest BCUT2D eigenvalue weighted by Gasteiger charge is -2.26. The molecule has 108 valence electrons. The summed E-state index contributed by atoms with van der Waals surface area (Å²) in [6.45, 7) is 2.19. The Morgan fingerprint density at radius 2 is 2.00 bits per heavy atom. The average Bonchev–Trinajstić information content (AvgIpc) is 2.82. The number of nitrogens with one attached hydrogen (secondary N) is 1. The summed E-state index contributed by atoms with van der Waals surface area (Å²) in [5.41, 5.74) is 10.9. The van der Waals surface area contributed by atoms with Gasteiger partial charge < -0.3 is 16.0 Å². The number of benzene rings is 2. The maximum absolute atomic E-state index is 11.7. The van der Waals surface area contributed by atoms with Gasteiger partial charge in [-0.3, -0.25) is 4.79 Å². The van der Waals surface area contributed by atoms with Gasteiger partial charge in [-0.25, -0.2) is 0 Å². The fraction of sp³-hybridized carbons (Fsp3) is 0.235. The number of rotatable bonds is 2. The Morgan fingerprint density at radius 1 is 1.24 bits per heavy atom. The number of amides is 1. The van der Waals surface area contributed by atoms with Gasteiger partial charge in [0.05, 0.1) is 11.4 Å². The number of carbonyl (C=O) groups is 1. The lowest BCUT2D eigenvalue weighted by molar-refractivity contribution is 0.0963. The fourth-order valence-electron chi connectivity index (χ4n) is 2.99. The number of fused-ring (bicyclic) bond motifs is 1. The maximum Gasteiger partial charge on any atom is 0.251 e. The monoisotopic (exact) mass is 281 g/mol. The quantitative estimate of drug-likeness (QED) is 0.832. The molecule has 2 aromatic carbocycles. The largest absolute Gasteiger partial charge is 0.397 e. The Hall–Kier alpha value is -2.49. The van der Waals surface area contributed by atoms with Gasteiger partial charge in [0.2, 0.25) is 0 Å². The molecule has 21 heavy (non-hydrogen) atoms. The van der Waals surface area contributed by atoms with Crippen molar-refractivity contribution in [3.63, 3.8) is 0 Å². The summed E-state index contributed by atoms with van der Waals surface area (Å²) in [6, 6.07) is 14.2. The van der Waals surface area contributed by atoms with Gasteiger partial charge in [-0.05, 0) is 43.2 Å². The number of anilines is 3. The number of nitrogen functional groups attached to an aromatic ring is 1. The van der Waals surface area contributed by atoms with Crippen molar-refractivity contribution in [2.45, 2.75) is 19.4 Å². The summed E-state index contributed by atoms with van der Waals surface area (Å²) >= 11 is 0. The number of nitrogens with zero attached hydrogens (tertiary/aromatic N) is 1. The van der Waals surface area contributed by atoms with E-state index in [4.69, 9.17) is 5.73 Å². The highest BCUT2D eigenvalue weighted by atomic mass is 16.1. The van der Waals surface area contributed by atoms with E-state index in [-0.39, 0.29) is 5.91 Å². The van der Waals surface area contributed by atoms with Gasteiger partial charge in [0.25, 0.3) is 5.91 Å². The van der Waals surface area contributed by atoms with Crippen LogP contribution >= 0.6 is 0 Å². The molecule has 1 amide bonds. The SMILES string of the molecule is CNC(=O)c1ccc(N2c3ccccc3CC2C)c(N)c1. The number of hydrogen-bond acceptors (Lipinski definition) is 3. The van der Waals surface area contributed by atoms with Crippen LogP contribution in [0.25, 0.3) is 0 Å². The van der Waals surface area contributed by atoms with Crippen LogP contribution in [0.4, 0.5) is 17.1 Å². The van der Waals surface area contributed by atoms with E-state index in [0.717, 1.165) is 12.1 Å². The molecule has 0 spiro atoms. The van der Waals surface area contributed by atoms with Crippen LogP contribution in [-0.4, -0.2) is 19.0 Å². The minimum Gasteiger partial charge on any atom is -0.397 e. The molecule has 4 heteroatoms. The molecule has 1 heterocycles. The van der Waals surface area contributed by atoms with Crippen molar-refractivity contribution in [3.8, 4) is 0 Å². The van der Waals surface area contributed by atoms with Crippen molar-refractivity contribution in [2.24, 2.45) is 0 Å². The molecule has 0 saturated heterocycles. The van der Waals surface area contributed by atoms with E-state index in [1.807, 2.05) is 18.2 Å². The van der Waals surface area contributed by atoms with Gasteiger partial charge in [0.15, 0.2) is 0 Å². The molecule has 1 unspecified atom stereocenters. The molecule has 2 aromatic rings. The third kappa shape index (κ3) is 2.23. The molecule has 4 nitrogen and oxygen atoms in total. The Kier molecular flexibility index (Phi) is 3.29. The van der Waals surface area contributed by atoms with Crippen molar-refractivity contribution in [3.05, 3.63) is 53.6 Å². The van der Waals surface area contributed by atoms with Crippen LogP contribution < -0.4 is 16.0 Å². The number of carbonyl (C=O) groups excluding carboxylic acids is 1. The van der Waals surface area contributed by atoms with Gasteiger partial charge in [-0.15, -0.1) is 0 Å². The second kappa shape index (κ2) is 5.13. The summed E-state index contributed by atoms with van der Waals surface area (Å²) < 4.78 is 0. The average molecular weight is 281 g/mol. The molecule has 0 saturated carbocycles. The van der Waals surface area contributed by atoms with E-state index < -0.39 is 0 Å². The molecule has 0 aromatic heterocycles. The zero-order valence-corrected chi connectivity index (χ0v) is 12.3. The highest BCUT2D eigenvalue weighted by Gasteiger charge is 2.28. The molecular weight excluding hydrogens is 262 g/mol. The zero-order valence-electron chi connectivity index (χ0n) is 12.3. The summed E-state index contributed by atoms with van der Waals surface area (Å²) in [5, 5.41) is 2.61. The van der Waals surface area contributed by atoms with Gasteiger partial charge in [-0.2, -0.15) is 0 Å². The normalized spacial score (nSPS) is 16.7. The van der Waals surface area contributed by atoms with Gasteiger partial charge in [-0.1, -0.05) is 18.2 Å². The van der Waals surface area contributed by atoms with Gasteiger partial charge >= 0.3 is 0 Å². The van der Waals surface area contributed by atoms with E-state index in [9.17, 15) is 4.79 Å². The predicted octanol–water partition coefficient (Wildman–Crippen LogP) is 2.71. The van der Waals surface area contributed by atoms with E-state index in [1.54, 1.807) is 13.1 Å². The molecule has 1 aliphatic rings. The zero-order chi connectivity index (χ0) is 15.0. The first kappa shape index (κ1) is 13.5. The minimum absolute atomic E-state index is 0.122. The standard InChI is InChI=1S/C17H19N3O/c1-11-9-12-5-3-4-6-15(12)20(11)16-8-7-13(10-14(16)18)17(21)19-2/h3-8,10-11H,9,18H2,1-2H3,(H,19,21). The number of para-hydroxylation sites is 1. The maximum atomic E-state index is 11.7. The van der Waals surface area contributed by atoms with Gasteiger partial charge in [0, 0.05) is 24.3 Å². The summed E-state index contributed by atoms with van der Waals surface area (Å²) in [6.07, 6.45) is 1.01. The Morgan fingerprint density at radius 3 is 2.71 bits per heavy atom. The van der Waals surface area contributed by atoms with Crippen LogP contribution in [0.2, 0.25) is 0 Å². The molecule has 3 rings (SSSR count). The van der Waals surface area contributed by atoms with Crippen molar-refractivity contribution in [1.29, 1.82) is 0 Å². The molecule has 0 fully saturated rings. The lowest BCUT2D eigenvalue weighted by Crippen LogP contribution is -2.25. The highest BCUT2D eigenvalue weighted by Crippen LogP contribution is 2.40. The minimum atomic E-state index is -0.122. The summed E-state index contributed by atoms with van der Waals surface area (Å²) in [7, 11) is 1.62. The number of hydrogen-bond donors (Lipinski definition) is 2. The fourth-order valence-corrected chi connectivity index (χ4v) is 2.99. The van der Waals surface area contributed by atoms with E-state index in [1.165, 1.54) is 11.3 Å². The van der Waals surface area contributed by atoms with E-state index in [2.05, 4.69) is 35.3 Å². The Bertz CT molecular complexity index is 696. The van der Waals surface area contributed by atoms with Gasteiger partial charge in [0.1, 0.15) is 0 Å². The van der Waals surface area contributed by atoms with Crippen molar-refractivity contribution in [1.82, 2.24) is 5.32 Å².